The Labute approximate surface area is 195 Å². The average molecular weight is 481 g/mol. The number of carbonyl (C=O) groups is 3. The molecular weight excluding hydrogens is 456 g/mol. The standard InChI is InChI=1S/C22H24N2O8.ClH/c1-7-8-5-4-6-9(25)11(8)16(26)12-10(7)17(27)14-15(24(2)3)18(28)13(21(23)31)20(30)22(14,32)19(12)29;/h4-7,10,14-15,17,25-27,30,32H,1-3H3,(H2,23,31);1H/t7-,10-,14+,15+,17+,22+;/m1./s1. The number of hydrogen-bond donors (Lipinski definition) is 6. The quantitative estimate of drug-likeness (QED) is 0.315. The highest BCUT2D eigenvalue weighted by atomic mass is 35.5. The van der Waals surface area contributed by atoms with E-state index in [-0.39, 0.29) is 23.7 Å². The van der Waals surface area contributed by atoms with Gasteiger partial charge < -0.3 is 31.3 Å². The Morgan fingerprint density at radius 1 is 1.15 bits per heavy atom. The first-order chi connectivity index (χ1) is 14.9. The number of hydrogen-bond acceptors (Lipinski definition) is 9. The number of likely N-dealkylation sites (N-methyl/N-ethyl adjacent to an activating group) is 1. The number of aromatic hydroxyl groups is 1. The van der Waals surface area contributed by atoms with Crippen LogP contribution in [-0.2, 0) is 14.4 Å². The minimum absolute atomic E-state index is 0. The first-order valence-corrected chi connectivity index (χ1v) is 10.0. The van der Waals surface area contributed by atoms with Gasteiger partial charge in [0, 0.05) is 11.5 Å². The third-order valence-electron chi connectivity index (χ3n) is 6.99. The summed E-state index contributed by atoms with van der Waals surface area (Å²) < 4.78 is 0. The number of Topliss-reactive ketones (excluding diaryl/α,β-unsaturated/α-hetero) is 2. The minimum atomic E-state index is -2.89. The van der Waals surface area contributed by atoms with Crippen LogP contribution >= 0.6 is 12.4 Å². The van der Waals surface area contributed by atoms with Crippen LogP contribution in [0.1, 0.15) is 24.0 Å². The molecule has 0 aromatic heterocycles. The number of halogens is 1. The zero-order valence-electron chi connectivity index (χ0n) is 18.0. The summed E-state index contributed by atoms with van der Waals surface area (Å²) in [6.07, 6.45) is -1.59. The second kappa shape index (κ2) is 7.84. The molecular formula is C22H25ClN2O8. The number of nitrogens with zero attached hydrogens (tertiary/aromatic N) is 1. The predicted octanol–water partition coefficient (Wildman–Crippen LogP) is -0.0824. The van der Waals surface area contributed by atoms with Crippen LogP contribution in [0.25, 0.3) is 5.76 Å². The number of amides is 1. The number of primary amides is 1. The summed E-state index contributed by atoms with van der Waals surface area (Å²) in [5.74, 6) is -8.87. The highest BCUT2D eigenvalue weighted by molar-refractivity contribution is 6.24. The number of nitrogens with two attached hydrogens (primary N) is 1. The lowest BCUT2D eigenvalue weighted by Gasteiger charge is -2.53. The third kappa shape index (κ3) is 2.95. The van der Waals surface area contributed by atoms with Gasteiger partial charge in [0.15, 0.2) is 11.4 Å². The van der Waals surface area contributed by atoms with Crippen molar-refractivity contribution in [2.75, 3.05) is 14.1 Å². The van der Waals surface area contributed by atoms with Crippen molar-refractivity contribution in [3.8, 4) is 5.75 Å². The molecule has 1 fully saturated rings. The lowest BCUT2D eigenvalue weighted by Crippen LogP contribution is -2.70. The normalized spacial score (nSPS) is 33.3. The van der Waals surface area contributed by atoms with Crippen LogP contribution in [-0.4, -0.2) is 79.7 Å². The molecule has 6 atom stereocenters. The Bertz CT molecular complexity index is 1140. The number of phenolic OH excluding ortho intramolecular Hbond substituents is 1. The van der Waals surface area contributed by atoms with E-state index < -0.39 is 75.6 Å². The Morgan fingerprint density at radius 2 is 1.76 bits per heavy atom. The maximum atomic E-state index is 13.7. The summed E-state index contributed by atoms with van der Waals surface area (Å²) in [6, 6.07) is 3.13. The van der Waals surface area contributed by atoms with Crippen molar-refractivity contribution in [2.45, 2.75) is 30.6 Å². The summed E-state index contributed by atoms with van der Waals surface area (Å²) in [5, 5.41) is 54.9. The van der Waals surface area contributed by atoms with E-state index in [1.807, 2.05) is 0 Å². The number of fused-ring (bicyclic) bond motifs is 3. The van der Waals surface area contributed by atoms with E-state index in [1.165, 1.54) is 25.1 Å². The molecule has 1 amide bonds. The van der Waals surface area contributed by atoms with Crippen molar-refractivity contribution >= 4 is 35.6 Å². The van der Waals surface area contributed by atoms with Gasteiger partial charge in [-0.3, -0.25) is 19.3 Å². The highest BCUT2D eigenvalue weighted by Crippen LogP contribution is 2.55. The molecule has 11 heteroatoms. The van der Waals surface area contributed by atoms with Crippen LogP contribution in [0, 0.1) is 11.8 Å². The van der Waals surface area contributed by atoms with Gasteiger partial charge in [-0.05, 0) is 31.6 Å². The first kappa shape index (κ1) is 24.7. The number of benzene rings is 1. The van der Waals surface area contributed by atoms with Crippen molar-refractivity contribution in [2.24, 2.45) is 17.6 Å². The molecule has 1 saturated carbocycles. The molecule has 10 nitrogen and oxygen atoms in total. The molecule has 3 aliphatic rings. The largest absolute Gasteiger partial charge is 0.508 e. The van der Waals surface area contributed by atoms with E-state index in [9.17, 15) is 39.9 Å². The lowest BCUT2D eigenvalue weighted by molar-refractivity contribution is -0.169. The van der Waals surface area contributed by atoms with E-state index >= 15 is 0 Å². The van der Waals surface area contributed by atoms with Crippen LogP contribution in [0.5, 0.6) is 5.75 Å². The van der Waals surface area contributed by atoms with Gasteiger partial charge >= 0.3 is 0 Å². The fraction of sp³-hybridized carbons (Fsp3) is 0.409. The summed E-state index contributed by atoms with van der Waals surface area (Å²) in [7, 11) is 2.92. The van der Waals surface area contributed by atoms with Crippen LogP contribution in [0.3, 0.4) is 0 Å². The molecule has 4 rings (SSSR count). The van der Waals surface area contributed by atoms with Crippen LogP contribution in [0.2, 0.25) is 0 Å². The molecule has 178 valence electrons. The Hall–Kier alpha value is -2.92. The van der Waals surface area contributed by atoms with E-state index in [4.69, 9.17) is 5.73 Å². The molecule has 0 bridgehead atoms. The fourth-order valence-corrected chi connectivity index (χ4v) is 5.58. The Morgan fingerprint density at radius 3 is 2.30 bits per heavy atom. The molecule has 0 spiro atoms. The second-order valence-corrected chi connectivity index (χ2v) is 8.79. The van der Waals surface area contributed by atoms with Crippen LogP contribution in [0.4, 0.5) is 0 Å². The van der Waals surface area contributed by atoms with Crippen molar-refractivity contribution in [1.29, 1.82) is 0 Å². The number of ketones is 2. The fourth-order valence-electron chi connectivity index (χ4n) is 5.58. The van der Waals surface area contributed by atoms with Crippen molar-refractivity contribution in [3.63, 3.8) is 0 Å². The van der Waals surface area contributed by atoms with Gasteiger partial charge in [0.05, 0.1) is 23.6 Å². The maximum absolute atomic E-state index is 13.7. The summed E-state index contributed by atoms with van der Waals surface area (Å²) in [5.41, 5.74) is 1.47. The summed E-state index contributed by atoms with van der Waals surface area (Å²) in [4.78, 5) is 40.0. The predicted molar refractivity (Wildman–Crippen MR) is 118 cm³/mol. The molecule has 0 radical (unpaired) electrons. The number of aliphatic hydroxyl groups is 4. The number of rotatable bonds is 2. The Kier molecular flexibility index (Phi) is 5.87. The summed E-state index contributed by atoms with van der Waals surface area (Å²) >= 11 is 0. The molecule has 0 aliphatic heterocycles. The van der Waals surface area contributed by atoms with Gasteiger partial charge in [0.25, 0.3) is 5.91 Å². The Balaban J connectivity index is 0.00000306. The van der Waals surface area contributed by atoms with Gasteiger partial charge in [-0.2, -0.15) is 0 Å². The average Bonchev–Trinajstić information content (AvgIpc) is 2.70. The summed E-state index contributed by atoms with van der Waals surface area (Å²) in [6.45, 7) is 1.68. The maximum Gasteiger partial charge on any atom is 0.255 e. The molecule has 7 N–H and O–H groups in total. The number of aliphatic hydroxyl groups excluding tert-OH is 3. The molecule has 33 heavy (non-hydrogen) atoms. The van der Waals surface area contributed by atoms with Gasteiger partial charge in [-0.25, -0.2) is 0 Å². The van der Waals surface area contributed by atoms with Gasteiger partial charge in [0.2, 0.25) is 5.78 Å². The second-order valence-electron chi connectivity index (χ2n) is 8.79. The topological polar surface area (TPSA) is 182 Å². The molecule has 1 aromatic carbocycles. The number of carbonyl (C=O) groups excluding carboxylic acids is 3. The van der Waals surface area contributed by atoms with E-state index in [0.29, 0.717) is 5.56 Å². The van der Waals surface area contributed by atoms with Gasteiger partial charge in [-0.15, -0.1) is 12.4 Å². The molecule has 0 unspecified atom stereocenters. The van der Waals surface area contributed by atoms with Crippen molar-refractivity contribution in [1.82, 2.24) is 4.90 Å². The SMILES string of the molecule is C[C@@H]1c2cccc(O)c2C(O)=C2C(=O)[C@]3(O)C(O)=C(C(N)=O)C(=O)[C@@H](N(C)C)[C@H]3[C@@H](O)[C@@H]21.Cl. The number of phenols is 1. The minimum Gasteiger partial charge on any atom is -0.508 e. The third-order valence-corrected chi connectivity index (χ3v) is 6.99. The van der Waals surface area contributed by atoms with E-state index in [2.05, 4.69) is 0 Å². The van der Waals surface area contributed by atoms with Crippen molar-refractivity contribution < 1.29 is 39.9 Å². The molecule has 3 aliphatic carbocycles. The van der Waals surface area contributed by atoms with Gasteiger partial charge in [0.1, 0.15) is 22.8 Å². The van der Waals surface area contributed by atoms with Crippen molar-refractivity contribution in [3.05, 3.63) is 46.2 Å². The van der Waals surface area contributed by atoms with Crippen LogP contribution in [0.15, 0.2) is 35.1 Å². The lowest BCUT2D eigenvalue weighted by atomic mass is 9.54. The highest BCUT2D eigenvalue weighted by Gasteiger charge is 2.68. The zero-order chi connectivity index (χ0) is 23.9. The zero-order valence-corrected chi connectivity index (χ0v) is 18.8. The molecule has 1 aromatic rings. The van der Waals surface area contributed by atoms with Crippen LogP contribution < -0.4 is 5.73 Å². The first-order valence-electron chi connectivity index (χ1n) is 10.0. The molecule has 0 heterocycles. The monoisotopic (exact) mass is 480 g/mol. The van der Waals surface area contributed by atoms with E-state index in [1.54, 1.807) is 19.1 Å². The molecule has 0 saturated heterocycles. The van der Waals surface area contributed by atoms with Gasteiger partial charge in [-0.1, -0.05) is 19.1 Å². The smallest absolute Gasteiger partial charge is 0.255 e. The van der Waals surface area contributed by atoms with E-state index in [0.717, 1.165) is 0 Å².